The zero-order chi connectivity index (χ0) is 31.1. The first-order chi connectivity index (χ1) is 20.4. The van der Waals surface area contributed by atoms with Crippen molar-refractivity contribution in [2.75, 3.05) is 32.1 Å². The van der Waals surface area contributed by atoms with E-state index in [1.807, 2.05) is 49.2 Å². The minimum Gasteiger partial charge on any atom is -0.488 e. The fourth-order valence-electron chi connectivity index (χ4n) is 5.19. The summed E-state index contributed by atoms with van der Waals surface area (Å²) < 4.78 is 45.5. The van der Waals surface area contributed by atoms with E-state index >= 15 is 0 Å². The molecule has 3 aromatic rings. The second-order valence-corrected chi connectivity index (χ2v) is 11.3. The maximum absolute atomic E-state index is 13.5. The lowest BCUT2D eigenvalue weighted by atomic mass is 10.0. The van der Waals surface area contributed by atoms with Gasteiger partial charge in [-0.15, -0.1) is 0 Å². The van der Waals surface area contributed by atoms with Crippen LogP contribution in [0.25, 0.3) is 0 Å². The summed E-state index contributed by atoms with van der Waals surface area (Å²) in [5, 5.41) is 12.8. The SMILES string of the molecule is C[C@@H]1CN([C@@H](C)CO)C(=O)Cc2cc(NC(=O)Cc3ccccc3)ccc2O[C@H]1CN(C)Cc1ccc(C(F)(F)F)cc1. The molecule has 3 atom stereocenters. The second-order valence-electron chi connectivity index (χ2n) is 11.3. The first kappa shape index (κ1) is 32.0. The molecule has 0 spiro atoms. The number of carbonyl (C=O) groups is 2. The van der Waals surface area contributed by atoms with E-state index in [1.54, 1.807) is 30.0 Å². The normalized spacial score (nSPS) is 18.2. The van der Waals surface area contributed by atoms with E-state index in [9.17, 15) is 27.9 Å². The highest BCUT2D eigenvalue weighted by atomic mass is 19.4. The van der Waals surface area contributed by atoms with Crippen molar-refractivity contribution in [3.05, 3.63) is 95.1 Å². The number of anilines is 1. The van der Waals surface area contributed by atoms with Crippen molar-refractivity contribution in [3.8, 4) is 5.75 Å². The van der Waals surface area contributed by atoms with Crippen LogP contribution in [0.2, 0.25) is 0 Å². The topological polar surface area (TPSA) is 82.1 Å². The summed E-state index contributed by atoms with van der Waals surface area (Å²) >= 11 is 0. The number of alkyl halides is 3. The molecule has 0 fully saturated rings. The Morgan fingerprint density at radius 1 is 1.09 bits per heavy atom. The predicted molar refractivity (Wildman–Crippen MR) is 159 cm³/mol. The Balaban J connectivity index is 1.54. The van der Waals surface area contributed by atoms with Crippen LogP contribution in [0, 0.1) is 5.92 Å². The number of likely N-dealkylation sites (N-methyl/N-ethyl adjacent to an activating group) is 1. The van der Waals surface area contributed by atoms with Crippen LogP contribution in [-0.2, 0) is 35.2 Å². The Morgan fingerprint density at radius 3 is 2.44 bits per heavy atom. The van der Waals surface area contributed by atoms with E-state index in [0.717, 1.165) is 23.3 Å². The Bertz CT molecular complexity index is 1380. The van der Waals surface area contributed by atoms with Crippen molar-refractivity contribution in [3.63, 3.8) is 0 Å². The first-order valence-corrected chi connectivity index (χ1v) is 14.3. The van der Waals surface area contributed by atoms with Crippen molar-refractivity contribution < 1.29 is 32.6 Å². The highest BCUT2D eigenvalue weighted by Crippen LogP contribution is 2.31. The van der Waals surface area contributed by atoms with Crippen molar-refractivity contribution >= 4 is 17.5 Å². The van der Waals surface area contributed by atoms with E-state index in [-0.39, 0.29) is 43.3 Å². The highest BCUT2D eigenvalue weighted by Gasteiger charge is 2.32. The molecule has 0 saturated carbocycles. The molecule has 3 aromatic carbocycles. The number of fused-ring (bicyclic) bond motifs is 1. The minimum atomic E-state index is -4.39. The molecule has 43 heavy (non-hydrogen) atoms. The van der Waals surface area contributed by atoms with Crippen LogP contribution < -0.4 is 10.1 Å². The third-order valence-electron chi connectivity index (χ3n) is 7.63. The van der Waals surface area contributed by atoms with Gasteiger partial charge in [-0.05, 0) is 55.4 Å². The van der Waals surface area contributed by atoms with Gasteiger partial charge in [-0.25, -0.2) is 0 Å². The van der Waals surface area contributed by atoms with Gasteiger partial charge in [0.2, 0.25) is 11.8 Å². The van der Waals surface area contributed by atoms with Crippen LogP contribution in [0.15, 0.2) is 72.8 Å². The number of nitrogens with one attached hydrogen (secondary N) is 1. The zero-order valence-electron chi connectivity index (χ0n) is 24.6. The number of ether oxygens (including phenoxy) is 1. The molecule has 0 bridgehead atoms. The van der Waals surface area contributed by atoms with Gasteiger partial charge < -0.3 is 20.1 Å². The molecule has 0 unspecified atom stereocenters. The number of nitrogens with zero attached hydrogens (tertiary/aromatic N) is 2. The smallest absolute Gasteiger partial charge is 0.416 e. The first-order valence-electron chi connectivity index (χ1n) is 14.3. The quantitative estimate of drug-likeness (QED) is 0.356. The number of hydrogen-bond donors (Lipinski definition) is 2. The van der Waals surface area contributed by atoms with Gasteiger partial charge in [0.25, 0.3) is 0 Å². The summed E-state index contributed by atoms with van der Waals surface area (Å²) in [7, 11) is 1.87. The van der Waals surface area contributed by atoms with Crippen molar-refractivity contribution in [1.29, 1.82) is 0 Å². The molecule has 2 N–H and O–H groups in total. The molecule has 0 saturated heterocycles. The highest BCUT2D eigenvalue weighted by molar-refractivity contribution is 5.92. The second kappa shape index (κ2) is 14.1. The fourth-order valence-corrected chi connectivity index (χ4v) is 5.19. The molecule has 0 aromatic heterocycles. The van der Waals surface area contributed by atoms with Crippen LogP contribution in [0.1, 0.15) is 36.1 Å². The van der Waals surface area contributed by atoms with E-state index in [4.69, 9.17) is 4.74 Å². The van der Waals surface area contributed by atoms with Gasteiger partial charge in [0, 0.05) is 36.8 Å². The van der Waals surface area contributed by atoms with Gasteiger partial charge in [-0.1, -0.05) is 49.4 Å². The van der Waals surface area contributed by atoms with Gasteiger partial charge in [0.1, 0.15) is 11.9 Å². The lowest BCUT2D eigenvalue weighted by Gasteiger charge is -2.34. The van der Waals surface area contributed by atoms with Crippen LogP contribution in [0.4, 0.5) is 18.9 Å². The molecule has 4 rings (SSSR count). The number of aliphatic hydroxyl groups excluding tert-OH is 1. The number of amides is 2. The van der Waals surface area contributed by atoms with Crippen LogP contribution in [0.3, 0.4) is 0 Å². The number of rotatable bonds is 9. The Hall–Kier alpha value is -3.89. The standard InChI is InChI=1S/C33H38F3N3O4/c1-22-18-39(23(2)21-40)32(42)17-26-16-28(37-31(41)15-24-7-5-4-6-8-24)13-14-29(26)43-30(22)20-38(3)19-25-9-11-27(12-10-25)33(34,35)36/h4-14,16,22-23,30,40H,15,17-21H2,1-3H3,(H,37,41)/t22-,23+,30+/m1/s1. The summed E-state index contributed by atoms with van der Waals surface area (Å²) in [5.74, 6) is 0.0371. The lowest BCUT2D eigenvalue weighted by Crippen LogP contribution is -2.47. The van der Waals surface area contributed by atoms with Gasteiger partial charge in [-0.2, -0.15) is 13.2 Å². The van der Waals surface area contributed by atoms with Crippen LogP contribution in [0.5, 0.6) is 5.75 Å². The average Bonchev–Trinajstić information content (AvgIpc) is 3.00. The summed E-state index contributed by atoms with van der Waals surface area (Å²) in [6, 6.07) is 19.3. The summed E-state index contributed by atoms with van der Waals surface area (Å²) in [4.78, 5) is 29.8. The Labute approximate surface area is 250 Å². The Kier molecular flexibility index (Phi) is 10.5. The molecule has 1 aliphatic heterocycles. The monoisotopic (exact) mass is 597 g/mol. The van der Waals surface area contributed by atoms with E-state index in [2.05, 4.69) is 5.32 Å². The molecule has 2 amide bonds. The number of hydrogen-bond acceptors (Lipinski definition) is 5. The summed E-state index contributed by atoms with van der Waals surface area (Å²) in [6.45, 7) is 4.76. The molecule has 7 nitrogen and oxygen atoms in total. The molecule has 10 heteroatoms. The van der Waals surface area contributed by atoms with Crippen molar-refractivity contribution in [1.82, 2.24) is 9.80 Å². The molecular weight excluding hydrogens is 559 g/mol. The number of halogens is 3. The van der Waals surface area contributed by atoms with E-state index < -0.39 is 17.8 Å². The van der Waals surface area contributed by atoms with Crippen molar-refractivity contribution in [2.45, 2.75) is 51.6 Å². The maximum atomic E-state index is 13.5. The van der Waals surface area contributed by atoms with Crippen LogP contribution in [-0.4, -0.2) is 65.6 Å². The minimum absolute atomic E-state index is 0.0307. The van der Waals surface area contributed by atoms with E-state index in [0.29, 0.717) is 36.6 Å². The van der Waals surface area contributed by atoms with Gasteiger partial charge in [0.15, 0.2) is 0 Å². The van der Waals surface area contributed by atoms with Crippen molar-refractivity contribution in [2.24, 2.45) is 5.92 Å². The molecule has 0 aliphatic carbocycles. The van der Waals surface area contributed by atoms with E-state index in [1.165, 1.54) is 12.1 Å². The fraction of sp³-hybridized carbons (Fsp3) is 0.394. The average molecular weight is 598 g/mol. The molecule has 1 heterocycles. The third-order valence-corrected chi connectivity index (χ3v) is 7.63. The maximum Gasteiger partial charge on any atom is 0.416 e. The Morgan fingerprint density at radius 2 is 1.79 bits per heavy atom. The number of benzene rings is 3. The zero-order valence-corrected chi connectivity index (χ0v) is 24.6. The largest absolute Gasteiger partial charge is 0.488 e. The molecule has 1 aliphatic rings. The molecule has 230 valence electrons. The lowest BCUT2D eigenvalue weighted by molar-refractivity contribution is -0.137. The third kappa shape index (κ3) is 8.81. The van der Waals surface area contributed by atoms with Gasteiger partial charge in [-0.3, -0.25) is 14.5 Å². The number of carbonyl (C=O) groups excluding carboxylic acids is 2. The summed E-state index contributed by atoms with van der Waals surface area (Å²) in [6.07, 6.45) is -4.53. The molecular formula is C33H38F3N3O4. The van der Waals surface area contributed by atoms with Gasteiger partial charge in [0.05, 0.1) is 31.1 Å². The van der Waals surface area contributed by atoms with Gasteiger partial charge >= 0.3 is 6.18 Å². The molecule has 0 radical (unpaired) electrons. The summed E-state index contributed by atoms with van der Waals surface area (Å²) in [5.41, 5.74) is 2.07. The van der Waals surface area contributed by atoms with Crippen LogP contribution >= 0.6 is 0 Å². The predicted octanol–water partition coefficient (Wildman–Crippen LogP) is 5.17. The number of aliphatic hydroxyl groups is 1.